The van der Waals surface area contributed by atoms with Gasteiger partial charge in [0.1, 0.15) is 5.65 Å². The Hall–Kier alpha value is -2.13. The van der Waals surface area contributed by atoms with Crippen LogP contribution in [0.2, 0.25) is 0 Å². The summed E-state index contributed by atoms with van der Waals surface area (Å²) in [6.45, 7) is 5.16. The lowest BCUT2D eigenvalue weighted by molar-refractivity contribution is 0.563. The van der Waals surface area contributed by atoms with Gasteiger partial charge in [0.2, 0.25) is 0 Å². The lowest BCUT2D eigenvalue weighted by Crippen LogP contribution is -2.19. The molecule has 20 heavy (non-hydrogen) atoms. The summed E-state index contributed by atoms with van der Waals surface area (Å²) in [5.74, 6) is 0. The molecule has 0 aliphatic carbocycles. The molecule has 0 saturated heterocycles. The first-order valence-corrected chi connectivity index (χ1v) is 6.95. The van der Waals surface area contributed by atoms with E-state index in [0.717, 1.165) is 12.2 Å². The van der Waals surface area contributed by atoms with Gasteiger partial charge in [0.15, 0.2) is 0 Å². The molecule has 0 bridgehead atoms. The average molecular weight is 265 g/mol. The number of aryl methyl sites for hydroxylation is 1. The van der Waals surface area contributed by atoms with Gasteiger partial charge in [0.25, 0.3) is 0 Å². The average Bonchev–Trinajstić information content (AvgIpc) is 2.88. The van der Waals surface area contributed by atoms with Crippen molar-refractivity contribution in [2.24, 2.45) is 0 Å². The lowest BCUT2D eigenvalue weighted by Gasteiger charge is -2.16. The zero-order valence-corrected chi connectivity index (χ0v) is 11.9. The van der Waals surface area contributed by atoms with E-state index in [1.54, 1.807) is 0 Å². The normalized spacial score (nSPS) is 12.7. The Balaban J connectivity index is 1.75. The maximum atomic E-state index is 4.41. The summed E-state index contributed by atoms with van der Waals surface area (Å²) >= 11 is 0. The molecule has 3 nitrogen and oxygen atoms in total. The Kier molecular flexibility index (Phi) is 3.52. The molecule has 0 fully saturated rings. The van der Waals surface area contributed by atoms with Crippen molar-refractivity contribution in [2.75, 3.05) is 0 Å². The molecule has 2 aromatic heterocycles. The summed E-state index contributed by atoms with van der Waals surface area (Å²) in [4.78, 5) is 4.41. The van der Waals surface area contributed by atoms with Crippen LogP contribution in [0.25, 0.3) is 5.65 Å². The zero-order valence-electron chi connectivity index (χ0n) is 11.9. The number of benzene rings is 1. The van der Waals surface area contributed by atoms with Crippen LogP contribution < -0.4 is 5.32 Å². The SMILES string of the molecule is Cc1ccccc1[C@H](C)NCc1cnc2ccccn12. The van der Waals surface area contributed by atoms with E-state index in [2.05, 4.69) is 59.0 Å². The number of hydrogen-bond donors (Lipinski definition) is 1. The molecule has 3 aromatic rings. The van der Waals surface area contributed by atoms with E-state index in [1.807, 2.05) is 24.4 Å². The van der Waals surface area contributed by atoms with E-state index in [9.17, 15) is 0 Å². The van der Waals surface area contributed by atoms with E-state index in [-0.39, 0.29) is 0 Å². The van der Waals surface area contributed by atoms with Crippen molar-refractivity contribution in [1.82, 2.24) is 14.7 Å². The molecule has 0 amide bonds. The second-order valence-electron chi connectivity index (χ2n) is 5.14. The fourth-order valence-electron chi connectivity index (χ4n) is 2.56. The summed E-state index contributed by atoms with van der Waals surface area (Å²) < 4.78 is 2.12. The lowest BCUT2D eigenvalue weighted by atomic mass is 10.0. The molecule has 1 N–H and O–H groups in total. The first kappa shape index (κ1) is 12.9. The molecule has 0 spiro atoms. The molecule has 0 aliphatic rings. The molecular formula is C17H19N3. The molecule has 0 radical (unpaired) electrons. The number of nitrogens with zero attached hydrogens (tertiary/aromatic N) is 2. The predicted octanol–water partition coefficient (Wildman–Crippen LogP) is 3.49. The third-order valence-corrected chi connectivity index (χ3v) is 3.74. The minimum absolute atomic E-state index is 0.325. The Labute approximate surface area is 119 Å². The first-order chi connectivity index (χ1) is 9.75. The van der Waals surface area contributed by atoms with Crippen molar-refractivity contribution >= 4 is 5.65 Å². The number of hydrogen-bond acceptors (Lipinski definition) is 2. The summed E-state index contributed by atoms with van der Waals surface area (Å²) in [6, 6.07) is 14.9. The summed E-state index contributed by atoms with van der Waals surface area (Å²) in [5.41, 5.74) is 4.85. The third-order valence-electron chi connectivity index (χ3n) is 3.74. The Bertz CT molecular complexity index is 715. The topological polar surface area (TPSA) is 29.3 Å². The van der Waals surface area contributed by atoms with E-state index < -0.39 is 0 Å². The van der Waals surface area contributed by atoms with Gasteiger partial charge in [0, 0.05) is 18.8 Å². The minimum atomic E-state index is 0.325. The highest BCUT2D eigenvalue weighted by atomic mass is 15.0. The molecule has 0 saturated carbocycles. The van der Waals surface area contributed by atoms with Gasteiger partial charge in [-0.1, -0.05) is 30.3 Å². The molecule has 0 unspecified atom stereocenters. The van der Waals surface area contributed by atoms with Gasteiger partial charge in [-0.2, -0.15) is 0 Å². The van der Waals surface area contributed by atoms with Crippen molar-refractivity contribution in [2.45, 2.75) is 26.4 Å². The third kappa shape index (κ3) is 2.45. The van der Waals surface area contributed by atoms with Crippen LogP contribution in [0.5, 0.6) is 0 Å². The monoisotopic (exact) mass is 265 g/mol. The number of rotatable bonds is 4. The first-order valence-electron chi connectivity index (χ1n) is 6.95. The molecule has 2 heterocycles. The fourth-order valence-corrected chi connectivity index (χ4v) is 2.56. The van der Waals surface area contributed by atoms with Gasteiger partial charge in [-0.05, 0) is 37.1 Å². The maximum absolute atomic E-state index is 4.41. The van der Waals surface area contributed by atoms with Crippen LogP contribution >= 0.6 is 0 Å². The van der Waals surface area contributed by atoms with Crippen LogP contribution in [-0.2, 0) is 6.54 Å². The Morgan fingerprint density at radius 2 is 1.95 bits per heavy atom. The summed E-state index contributed by atoms with van der Waals surface area (Å²) in [6.07, 6.45) is 3.99. The number of aromatic nitrogens is 2. The largest absolute Gasteiger partial charge is 0.305 e. The number of nitrogens with one attached hydrogen (secondary N) is 1. The summed E-state index contributed by atoms with van der Waals surface area (Å²) in [7, 11) is 0. The Morgan fingerprint density at radius 1 is 1.15 bits per heavy atom. The minimum Gasteiger partial charge on any atom is -0.305 e. The molecule has 0 aliphatic heterocycles. The van der Waals surface area contributed by atoms with Gasteiger partial charge in [-0.3, -0.25) is 0 Å². The number of fused-ring (bicyclic) bond motifs is 1. The van der Waals surface area contributed by atoms with Crippen LogP contribution in [0.15, 0.2) is 54.9 Å². The predicted molar refractivity (Wildman–Crippen MR) is 81.6 cm³/mol. The number of imidazole rings is 1. The van der Waals surface area contributed by atoms with Crippen molar-refractivity contribution in [3.8, 4) is 0 Å². The highest BCUT2D eigenvalue weighted by Crippen LogP contribution is 2.17. The van der Waals surface area contributed by atoms with Crippen LogP contribution in [-0.4, -0.2) is 9.38 Å². The van der Waals surface area contributed by atoms with Gasteiger partial charge in [-0.25, -0.2) is 4.98 Å². The number of pyridine rings is 1. The molecular weight excluding hydrogens is 246 g/mol. The molecule has 3 rings (SSSR count). The summed E-state index contributed by atoms with van der Waals surface area (Å²) in [5, 5.41) is 3.57. The van der Waals surface area contributed by atoms with E-state index in [4.69, 9.17) is 0 Å². The van der Waals surface area contributed by atoms with Crippen molar-refractivity contribution < 1.29 is 0 Å². The second kappa shape index (κ2) is 5.47. The zero-order chi connectivity index (χ0) is 13.9. The van der Waals surface area contributed by atoms with Crippen molar-refractivity contribution in [3.05, 3.63) is 71.7 Å². The van der Waals surface area contributed by atoms with Gasteiger partial charge < -0.3 is 9.72 Å². The highest BCUT2D eigenvalue weighted by Gasteiger charge is 2.08. The van der Waals surface area contributed by atoms with Crippen LogP contribution in [0.4, 0.5) is 0 Å². The van der Waals surface area contributed by atoms with Gasteiger partial charge >= 0.3 is 0 Å². The standard InChI is InChI=1S/C17H19N3/c1-13-7-3-4-8-16(13)14(2)18-11-15-12-19-17-9-5-6-10-20(15)17/h3-10,12,14,18H,11H2,1-2H3/t14-/m0/s1. The van der Waals surface area contributed by atoms with E-state index >= 15 is 0 Å². The van der Waals surface area contributed by atoms with E-state index in [0.29, 0.717) is 6.04 Å². The van der Waals surface area contributed by atoms with Crippen molar-refractivity contribution in [1.29, 1.82) is 0 Å². The van der Waals surface area contributed by atoms with E-state index in [1.165, 1.54) is 16.8 Å². The van der Waals surface area contributed by atoms with Gasteiger partial charge in [0.05, 0.1) is 11.9 Å². The van der Waals surface area contributed by atoms with Crippen LogP contribution in [0, 0.1) is 6.92 Å². The van der Waals surface area contributed by atoms with Crippen molar-refractivity contribution in [3.63, 3.8) is 0 Å². The fraction of sp³-hybridized carbons (Fsp3) is 0.235. The maximum Gasteiger partial charge on any atom is 0.136 e. The van der Waals surface area contributed by atoms with Crippen LogP contribution in [0.1, 0.15) is 29.8 Å². The Morgan fingerprint density at radius 3 is 2.80 bits per heavy atom. The molecule has 1 aromatic carbocycles. The van der Waals surface area contributed by atoms with Crippen LogP contribution in [0.3, 0.4) is 0 Å². The smallest absolute Gasteiger partial charge is 0.136 e. The molecule has 3 heteroatoms. The highest BCUT2D eigenvalue weighted by molar-refractivity contribution is 5.39. The second-order valence-corrected chi connectivity index (χ2v) is 5.14. The molecule has 102 valence electrons. The van der Waals surface area contributed by atoms with Gasteiger partial charge in [-0.15, -0.1) is 0 Å². The quantitative estimate of drug-likeness (QED) is 0.782. The molecule has 1 atom stereocenters.